The summed E-state index contributed by atoms with van der Waals surface area (Å²) in [6.45, 7) is 2.83. The quantitative estimate of drug-likeness (QED) is 0.874. The number of benzene rings is 1. The van der Waals surface area contributed by atoms with Crippen molar-refractivity contribution in [3.8, 4) is 6.07 Å². The first-order valence-electron chi connectivity index (χ1n) is 6.26. The third-order valence-electron chi connectivity index (χ3n) is 2.55. The molecule has 5 nitrogen and oxygen atoms in total. The van der Waals surface area contributed by atoms with E-state index < -0.39 is 5.82 Å². The highest BCUT2D eigenvalue weighted by atomic mass is 19.1. The van der Waals surface area contributed by atoms with E-state index in [9.17, 15) is 4.39 Å². The molecule has 0 saturated carbocycles. The predicted molar refractivity (Wildman–Crippen MR) is 75.2 cm³/mol. The van der Waals surface area contributed by atoms with Crippen LogP contribution < -0.4 is 10.6 Å². The first-order valence-corrected chi connectivity index (χ1v) is 6.26. The molecule has 1 heterocycles. The number of anilines is 3. The van der Waals surface area contributed by atoms with E-state index in [4.69, 9.17) is 5.26 Å². The van der Waals surface area contributed by atoms with Gasteiger partial charge in [-0.1, -0.05) is 6.92 Å². The highest BCUT2D eigenvalue weighted by Gasteiger charge is 2.05. The second-order valence-electron chi connectivity index (χ2n) is 4.12. The molecule has 0 radical (unpaired) electrons. The molecule has 20 heavy (non-hydrogen) atoms. The molecule has 0 spiro atoms. The maximum absolute atomic E-state index is 13.1. The molecule has 2 rings (SSSR count). The summed E-state index contributed by atoms with van der Waals surface area (Å²) in [5.74, 6) is 0.610. The van der Waals surface area contributed by atoms with Crippen LogP contribution in [0.3, 0.4) is 0 Å². The van der Waals surface area contributed by atoms with Crippen LogP contribution in [0.4, 0.5) is 21.8 Å². The van der Waals surface area contributed by atoms with Crippen molar-refractivity contribution in [1.82, 2.24) is 9.97 Å². The number of nitriles is 1. The lowest BCUT2D eigenvalue weighted by Crippen LogP contribution is -2.05. The molecular weight excluding hydrogens is 257 g/mol. The molecule has 0 atom stereocenters. The van der Waals surface area contributed by atoms with E-state index in [2.05, 4.69) is 20.6 Å². The summed E-state index contributed by atoms with van der Waals surface area (Å²) in [4.78, 5) is 8.35. The van der Waals surface area contributed by atoms with E-state index in [-0.39, 0.29) is 5.56 Å². The van der Waals surface area contributed by atoms with Crippen LogP contribution in [-0.4, -0.2) is 16.5 Å². The molecule has 102 valence electrons. The fourth-order valence-corrected chi connectivity index (χ4v) is 1.61. The van der Waals surface area contributed by atoms with Gasteiger partial charge in [0, 0.05) is 12.7 Å². The SMILES string of the molecule is CCCNc1nccc(Nc2ccc(F)cc2C#N)n1. The molecule has 6 heteroatoms. The number of nitrogens with zero attached hydrogens (tertiary/aromatic N) is 3. The molecule has 0 aliphatic heterocycles. The fraction of sp³-hybridized carbons (Fsp3) is 0.214. The van der Waals surface area contributed by atoms with E-state index in [1.165, 1.54) is 18.2 Å². The van der Waals surface area contributed by atoms with Crippen LogP contribution in [0.1, 0.15) is 18.9 Å². The van der Waals surface area contributed by atoms with E-state index in [0.717, 1.165) is 13.0 Å². The van der Waals surface area contributed by atoms with Gasteiger partial charge in [-0.2, -0.15) is 10.2 Å². The van der Waals surface area contributed by atoms with Gasteiger partial charge >= 0.3 is 0 Å². The van der Waals surface area contributed by atoms with Gasteiger partial charge < -0.3 is 10.6 Å². The van der Waals surface area contributed by atoms with Crippen molar-refractivity contribution in [2.24, 2.45) is 0 Å². The summed E-state index contributed by atoms with van der Waals surface area (Å²) in [6, 6.07) is 7.61. The van der Waals surface area contributed by atoms with E-state index in [1.54, 1.807) is 12.3 Å². The number of rotatable bonds is 5. The van der Waals surface area contributed by atoms with Crippen molar-refractivity contribution in [1.29, 1.82) is 5.26 Å². The normalized spacial score (nSPS) is 9.85. The monoisotopic (exact) mass is 271 g/mol. The highest BCUT2D eigenvalue weighted by molar-refractivity contribution is 5.64. The Labute approximate surface area is 116 Å². The number of nitrogens with one attached hydrogen (secondary N) is 2. The Morgan fingerprint density at radius 1 is 1.35 bits per heavy atom. The number of halogens is 1. The minimum atomic E-state index is -0.444. The van der Waals surface area contributed by atoms with Gasteiger partial charge in [-0.05, 0) is 30.7 Å². The van der Waals surface area contributed by atoms with Crippen molar-refractivity contribution in [3.05, 3.63) is 41.8 Å². The van der Waals surface area contributed by atoms with Crippen molar-refractivity contribution in [2.75, 3.05) is 17.2 Å². The minimum absolute atomic E-state index is 0.228. The third-order valence-corrected chi connectivity index (χ3v) is 2.55. The summed E-state index contributed by atoms with van der Waals surface area (Å²) < 4.78 is 13.1. The van der Waals surface area contributed by atoms with Crippen LogP contribution in [0.2, 0.25) is 0 Å². The number of hydrogen-bond acceptors (Lipinski definition) is 5. The van der Waals surface area contributed by atoms with Crippen LogP contribution in [0.25, 0.3) is 0 Å². The van der Waals surface area contributed by atoms with E-state index >= 15 is 0 Å². The third kappa shape index (κ3) is 3.42. The lowest BCUT2D eigenvalue weighted by molar-refractivity contribution is 0.627. The maximum atomic E-state index is 13.1. The average molecular weight is 271 g/mol. The zero-order chi connectivity index (χ0) is 14.4. The lowest BCUT2D eigenvalue weighted by atomic mass is 10.2. The van der Waals surface area contributed by atoms with Gasteiger partial charge in [-0.3, -0.25) is 0 Å². The van der Waals surface area contributed by atoms with Crippen LogP contribution >= 0.6 is 0 Å². The summed E-state index contributed by atoms with van der Waals surface area (Å²) in [6.07, 6.45) is 2.58. The molecule has 0 bridgehead atoms. The standard InChI is InChI=1S/C14H14FN5/c1-2-6-17-14-18-7-5-13(20-14)19-12-4-3-11(15)8-10(12)9-16/h3-5,7-8H,2,6H2,1H3,(H2,17,18,19,20). The van der Waals surface area contributed by atoms with Crippen LogP contribution in [0, 0.1) is 17.1 Å². The zero-order valence-electron chi connectivity index (χ0n) is 11.0. The molecule has 0 unspecified atom stereocenters. The highest BCUT2D eigenvalue weighted by Crippen LogP contribution is 2.20. The topological polar surface area (TPSA) is 73.6 Å². The minimum Gasteiger partial charge on any atom is -0.354 e. The van der Waals surface area contributed by atoms with Gasteiger partial charge in [0.15, 0.2) is 0 Å². The van der Waals surface area contributed by atoms with Gasteiger partial charge in [0.2, 0.25) is 5.95 Å². The van der Waals surface area contributed by atoms with Gasteiger partial charge in [-0.15, -0.1) is 0 Å². The molecular formula is C14H14FN5. The number of hydrogen-bond donors (Lipinski definition) is 2. The largest absolute Gasteiger partial charge is 0.354 e. The Morgan fingerprint density at radius 3 is 2.95 bits per heavy atom. The van der Waals surface area contributed by atoms with Crippen LogP contribution in [0.5, 0.6) is 0 Å². The molecule has 2 N–H and O–H groups in total. The van der Waals surface area contributed by atoms with Crippen LogP contribution in [-0.2, 0) is 0 Å². The predicted octanol–water partition coefficient (Wildman–Crippen LogP) is 3.05. The maximum Gasteiger partial charge on any atom is 0.224 e. The Kier molecular flexibility index (Phi) is 4.45. The van der Waals surface area contributed by atoms with Gasteiger partial charge in [-0.25, -0.2) is 9.37 Å². The smallest absolute Gasteiger partial charge is 0.224 e. The van der Waals surface area contributed by atoms with Gasteiger partial charge in [0.25, 0.3) is 0 Å². The Hall–Kier alpha value is -2.68. The fourth-order valence-electron chi connectivity index (χ4n) is 1.61. The second-order valence-corrected chi connectivity index (χ2v) is 4.12. The zero-order valence-corrected chi connectivity index (χ0v) is 11.0. The molecule has 0 aliphatic rings. The summed E-state index contributed by atoms with van der Waals surface area (Å²) >= 11 is 0. The van der Waals surface area contributed by atoms with Crippen molar-refractivity contribution < 1.29 is 4.39 Å². The molecule has 0 saturated heterocycles. The van der Waals surface area contributed by atoms with Gasteiger partial charge in [0.05, 0.1) is 11.3 Å². The van der Waals surface area contributed by atoms with Crippen molar-refractivity contribution in [2.45, 2.75) is 13.3 Å². The average Bonchev–Trinajstić information content (AvgIpc) is 2.47. The summed E-state index contributed by atoms with van der Waals surface area (Å²) in [5.41, 5.74) is 0.737. The first kappa shape index (κ1) is 13.7. The first-order chi connectivity index (χ1) is 9.72. The Morgan fingerprint density at radius 2 is 2.20 bits per heavy atom. The Bertz CT molecular complexity index is 636. The molecule has 0 fully saturated rings. The molecule has 0 amide bonds. The van der Waals surface area contributed by atoms with Crippen molar-refractivity contribution >= 4 is 17.5 Å². The lowest BCUT2D eigenvalue weighted by Gasteiger charge is -2.09. The van der Waals surface area contributed by atoms with Gasteiger partial charge in [0.1, 0.15) is 17.7 Å². The molecule has 0 aliphatic carbocycles. The van der Waals surface area contributed by atoms with Crippen LogP contribution in [0.15, 0.2) is 30.5 Å². The summed E-state index contributed by atoms with van der Waals surface area (Å²) in [5, 5.41) is 15.0. The Balaban J connectivity index is 2.20. The molecule has 1 aromatic heterocycles. The summed E-state index contributed by atoms with van der Waals surface area (Å²) in [7, 11) is 0. The second kappa shape index (κ2) is 6.48. The molecule has 1 aromatic carbocycles. The van der Waals surface area contributed by atoms with E-state index in [1.807, 2.05) is 13.0 Å². The number of aromatic nitrogens is 2. The van der Waals surface area contributed by atoms with E-state index in [0.29, 0.717) is 17.5 Å². The molecule has 2 aromatic rings. The van der Waals surface area contributed by atoms with Crippen molar-refractivity contribution in [3.63, 3.8) is 0 Å².